The zero-order valence-electron chi connectivity index (χ0n) is 16.9. The molecule has 0 radical (unpaired) electrons. The van der Waals surface area contributed by atoms with Crippen molar-refractivity contribution in [2.45, 2.75) is 38.5 Å². The molecule has 1 N–H and O–H groups in total. The second kappa shape index (κ2) is 10.6. The van der Waals surface area contributed by atoms with Gasteiger partial charge >= 0.3 is 0 Å². The van der Waals surface area contributed by atoms with Gasteiger partial charge in [0.2, 0.25) is 10.0 Å². The summed E-state index contributed by atoms with van der Waals surface area (Å²) in [5, 5.41) is 3.31. The minimum absolute atomic E-state index is 0.163. The van der Waals surface area contributed by atoms with Crippen LogP contribution in [0.15, 0.2) is 47.4 Å². The lowest BCUT2D eigenvalue weighted by molar-refractivity contribution is -0.118. The van der Waals surface area contributed by atoms with Gasteiger partial charge in [0.25, 0.3) is 5.91 Å². The molecule has 0 heterocycles. The number of benzene rings is 2. The van der Waals surface area contributed by atoms with Gasteiger partial charge in [-0.3, -0.25) is 4.79 Å². The molecule has 0 aliphatic rings. The van der Waals surface area contributed by atoms with E-state index in [9.17, 15) is 13.2 Å². The zero-order chi connectivity index (χ0) is 21.4. The highest BCUT2D eigenvalue weighted by molar-refractivity contribution is 7.89. The van der Waals surface area contributed by atoms with Crippen molar-refractivity contribution in [3.63, 3.8) is 0 Å². The van der Waals surface area contributed by atoms with Crippen LogP contribution in [0.2, 0.25) is 5.02 Å². The first-order valence-corrected chi connectivity index (χ1v) is 11.4. The fourth-order valence-electron chi connectivity index (χ4n) is 2.83. The molecule has 8 heteroatoms. The van der Waals surface area contributed by atoms with Gasteiger partial charge in [-0.05, 0) is 67.8 Å². The number of aryl methyl sites for hydroxylation is 1. The molecule has 2 aromatic rings. The maximum Gasteiger partial charge on any atom is 0.262 e. The molecule has 0 saturated heterocycles. The largest absolute Gasteiger partial charge is 0.483 e. The highest BCUT2D eigenvalue weighted by Crippen LogP contribution is 2.22. The van der Waals surface area contributed by atoms with Gasteiger partial charge in [0, 0.05) is 23.8 Å². The van der Waals surface area contributed by atoms with Gasteiger partial charge in [0.1, 0.15) is 5.75 Å². The van der Waals surface area contributed by atoms with Crippen LogP contribution in [0.4, 0.5) is 5.69 Å². The maximum atomic E-state index is 12.8. The van der Waals surface area contributed by atoms with Crippen LogP contribution in [-0.2, 0) is 14.8 Å². The maximum absolute atomic E-state index is 12.8. The summed E-state index contributed by atoms with van der Waals surface area (Å²) < 4.78 is 32.5. The monoisotopic (exact) mass is 438 g/mol. The van der Waals surface area contributed by atoms with Crippen molar-refractivity contribution in [3.8, 4) is 5.75 Å². The smallest absolute Gasteiger partial charge is 0.262 e. The van der Waals surface area contributed by atoms with Gasteiger partial charge in [-0.2, -0.15) is 4.31 Å². The summed E-state index contributed by atoms with van der Waals surface area (Å²) in [4.78, 5) is 12.3. The number of anilines is 1. The molecule has 2 aromatic carbocycles. The van der Waals surface area contributed by atoms with Crippen LogP contribution in [0.25, 0.3) is 0 Å². The Hall–Kier alpha value is -2.09. The number of hydrogen-bond donors (Lipinski definition) is 1. The number of sulfonamides is 1. The molecule has 2 rings (SSSR count). The lowest BCUT2D eigenvalue weighted by atomic mass is 10.2. The highest BCUT2D eigenvalue weighted by Gasteiger charge is 2.22. The Morgan fingerprint density at radius 1 is 1.07 bits per heavy atom. The number of amides is 1. The number of nitrogens with zero attached hydrogens (tertiary/aromatic N) is 1. The minimum Gasteiger partial charge on any atom is -0.483 e. The van der Waals surface area contributed by atoms with Crippen LogP contribution in [0, 0.1) is 6.92 Å². The van der Waals surface area contributed by atoms with E-state index in [0.717, 1.165) is 18.4 Å². The average Bonchev–Trinajstić information content (AvgIpc) is 2.67. The van der Waals surface area contributed by atoms with Gasteiger partial charge in [-0.25, -0.2) is 8.42 Å². The van der Waals surface area contributed by atoms with Crippen molar-refractivity contribution in [1.82, 2.24) is 4.31 Å². The van der Waals surface area contributed by atoms with E-state index < -0.39 is 10.0 Å². The number of hydrogen-bond acceptors (Lipinski definition) is 4. The first-order valence-electron chi connectivity index (χ1n) is 9.57. The van der Waals surface area contributed by atoms with Crippen LogP contribution in [0.3, 0.4) is 0 Å². The Bertz CT molecular complexity index is 924. The Labute approximate surface area is 177 Å². The van der Waals surface area contributed by atoms with Gasteiger partial charge in [-0.1, -0.05) is 25.4 Å². The van der Waals surface area contributed by atoms with Crippen LogP contribution >= 0.6 is 11.6 Å². The van der Waals surface area contributed by atoms with Crippen LogP contribution in [-0.4, -0.2) is 38.3 Å². The normalized spacial score (nSPS) is 11.5. The lowest BCUT2D eigenvalue weighted by Crippen LogP contribution is -2.32. The topological polar surface area (TPSA) is 75.7 Å². The molecule has 0 aliphatic carbocycles. The van der Waals surface area contributed by atoms with Crippen molar-refractivity contribution in [1.29, 1.82) is 0 Å². The fourth-order valence-corrected chi connectivity index (χ4v) is 4.68. The number of rotatable bonds is 10. The van der Waals surface area contributed by atoms with Crippen LogP contribution in [0.1, 0.15) is 32.3 Å². The number of carbonyl (C=O) groups excluding carboxylic acids is 1. The predicted molar refractivity (Wildman–Crippen MR) is 116 cm³/mol. The Morgan fingerprint density at radius 2 is 1.69 bits per heavy atom. The van der Waals surface area contributed by atoms with Gasteiger partial charge in [-0.15, -0.1) is 0 Å². The molecule has 0 aromatic heterocycles. The third-order valence-electron chi connectivity index (χ3n) is 4.22. The van der Waals surface area contributed by atoms with E-state index in [2.05, 4.69) is 5.32 Å². The average molecular weight is 439 g/mol. The second-order valence-electron chi connectivity index (χ2n) is 6.68. The van der Waals surface area contributed by atoms with Crippen LogP contribution < -0.4 is 10.1 Å². The molecule has 0 aliphatic heterocycles. The summed E-state index contributed by atoms with van der Waals surface area (Å²) in [5.41, 5.74) is 1.34. The molecular formula is C21H27ClN2O4S. The summed E-state index contributed by atoms with van der Waals surface area (Å²) >= 11 is 5.91. The summed E-state index contributed by atoms with van der Waals surface area (Å²) in [6.07, 6.45) is 1.50. The zero-order valence-corrected chi connectivity index (χ0v) is 18.5. The molecule has 0 atom stereocenters. The molecule has 29 heavy (non-hydrogen) atoms. The van der Waals surface area contributed by atoms with E-state index in [-0.39, 0.29) is 17.4 Å². The predicted octanol–water partition coefficient (Wildman–Crippen LogP) is 4.48. The first kappa shape index (κ1) is 23.2. The fraction of sp³-hybridized carbons (Fsp3) is 0.381. The molecular weight excluding hydrogens is 412 g/mol. The number of halogens is 1. The van der Waals surface area contributed by atoms with E-state index in [4.69, 9.17) is 16.3 Å². The number of nitrogens with one attached hydrogen (secondary N) is 1. The molecule has 0 saturated carbocycles. The van der Waals surface area contributed by atoms with E-state index in [0.29, 0.717) is 29.5 Å². The molecule has 0 spiro atoms. The number of ether oxygens (including phenoxy) is 1. The van der Waals surface area contributed by atoms with Crippen molar-refractivity contribution >= 4 is 33.2 Å². The van der Waals surface area contributed by atoms with Crippen LogP contribution in [0.5, 0.6) is 5.75 Å². The third-order valence-corrected chi connectivity index (χ3v) is 6.37. The Balaban J connectivity index is 1.99. The van der Waals surface area contributed by atoms with Crippen molar-refractivity contribution in [2.75, 3.05) is 25.0 Å². The molecule has 0 unspecified atom stereocenters. The quantitative estimate of drug-likeness (QED) is 0.593. The Kier molecular flexibility index (Phi) is 8.49. The molecule has 158 valence electrons. The summed E-state index contributed by atoms with van der Waals surface area (Å²) in [7, 11) is -3.54. The molecule has 1 amide bonds. The summed E-state index contributed by atoms with van der Waals surface area (Å²) in [6.45, 7) is 6.54. The van der Waals surface area contributed by atoms with Gasteiger partial charge in [0.15, 0.2) is 6.61 Å². The standard InChI is InChI=1S/C21H27ClN2O4S/c1-4-12-24(13-5-2)29(26,27)19-9-7-18(8-10-19)23-21(25)15-28-20-11-6-17(22)14-16(20)3/h6-11,14H,4-5,12-13,15H2,1-3H3,(H,23,25). The third kappa shape index (κ3) is 6.45. The molecule has 6 nitrogen and oxygen atoms in total. The van der Waals surface area contributed by atoms with Crippen molar-refractivity contribution in [3.05, 3.63) is 53.1 Å². The highest BCUT2D eigenvalue weighted by atomic mass is 35.5. The van der Waals surface area contributed by atoms with Gasteiger partial charge < -0.3 is 10.1 Å². The van der Waals surface area contributed by atoms with Crippen molar-refractivity contribution in [2.24, 2.45) is 0 Å². The summed E-state index contributed by atoms with van der Waals surface area (Å²) in [5.74, 6) is 0.242. The molecule has 0 bridgehead atoms. The van der Waals surface area contributed by atoms with E-state index >= 15 is 0 Å². The van der Waals surface area contributed by atoms with Gasteiger partial charge in [0.05, 0.1) is 4.90 Å². The number of carbonyl (C=O) groups is 1. The minimum atomic E-state index is -3.54. The lowest BCUT2D eigenvalue weighted by Gasteiger charge is -2.21. The Morgan fingerprint density at radius 3 is 2.24 bits per heavy atom. The summed E-state index contributed by atoms with van der Waals surface area (Å²) in [6, 6.07) is 11.3. The van der Waals surface area contributed by atoms with Crippen molar-refractivity contribution < 1.29 is 17.9 Å². The second-order valence-corrected chi connectivity index (χ2v) is 9.05. The van der Waals surface area contributed by atoms with E-state index in [1.54, 1.807) is 30.3 Å². The molecule has 0 fully saturated rings. The SMILES string of the molecule is CCCN(CCC)S(=O)(=O)c1ccc(NC(=O)COc2ccc(Cl)cc2C)cc1. The van der Waals surface area contributed by atoms with E-state index in [1.165, 1.54) is 16.4 Å². The first-order chi connectivity index (χ1) is 13.8. The van der Waals surface area contributed by atoms with E-state index in [1.807, 2.05) is 20.8 Å².